The summed E-state index contributed by atoms with van der Waals surface area (Å²) in [6, 6.07) is 33.8. The van der Waals surface area contributed by atoms with Crippen LogP contribution in [0.3, 0.4) is 0 Å². The lowest BCUT2D eigenvalue weighted by molar-refractivity contribution is -0.140. The molecule has 0 radical (unpaired) electrons. The van der Waals surface area contributed by atoms with Gasteiger partial charge in [-0.25, -0.2) is 24.3 Å². The molecule has 18 heterocycles. The summed E-state index contributed by atoms with van der Waals surface area (Å²) < 4.78 is 23.3. The summed E-state index contributed by atoms with van der Waals surface area (Å²) in [5.41, 5.74) is 44.9. The molecule has 4 aliphatic heterocycles. The molecule has 0 unspecified atom stereocenters. The maximum Gasteiger partial charge on any atom is 0.251 e. The third-order valence-corrected chi connectivity index (χ3v) is 27.5. The van der Waals surface area contributed by atoms with E-state index in [-0.39, 0.29) is 99.5 Å². The number of nitrogens with two attached hydrogens (primary N) is 4. The summed E-state index contributed by atoms with van der Waals surface area (Å²) >= 11 is 1.62. The number of thiophene rings is 1. The number of ketones is 4. The number of para-hydroxylation sites is 1. The molecule has 4 fully saturated rings. The minimum absolute atomic E-state index is 0.0316. The summed E-state index contributed by atoms with van der Waals surface area (Å²) in [4.78, 5) is 139. The highest BCUT2D eigenvalue weighted by atomic mass is 32.1. The fraction of sp³-hybridized carbons (Fsp3) is 0.317. The van der Waals surface area contributed by atoms with Gasteiger partial charge < -0.3 is 72.1 Å². The molecule has 143 heavy (non-hydrogen) atoms. The third-order valence-electron chi connectivity index (χ3n) is 26.8. The van der Waals surface area contributed by atoms with E-state index in [0.717, 1.165) is 72.7 Å². The quantitative estimate of drug-likeness (QED) is 0.0329. The Bertz CT molecular complexity index is 7470. The first kappa shape index (κ1) is 98.8. The second-order valence-corrected chi connectivity index (χ2v) is 37.3. The molecular formula is C104H110FN25O12S. The van der Waals surface area contributed by atoms with E-state index in [4.69, 9.17) is 42.9 Å². The molecule has 0 bridgehead atoms. The maximum absolute atomic E-state index is 13.3. The Morgan fingerprint density at radius 3 is 0.937 bits per heavy atom. The molecule has 4 aliphatic rings. The van der Waals surface area contributed by atoms with E-state index in [1.807, 2.05) is 131 Å². The van der Waals surface area contributed by atoms with Crippen molar-refractivity contribution >= 4 is 104 Å². The lowest BCUT2D eigenvalue weighted by atomic mass is 9.89. The van der Waals surface area contributed by atoms with E-state index in [0.29, 0.717) is 183 Å². The lowest BCUT2D eigenvalue weighted by Crippen LogP contribution is -2.42. The highest BCUT2D eigenvalue weighted by molar-refractivity contribution is 7.08. The summed E-state index contributed by atoms with van der Waals surface area (Å²) in [6.07, 6.45) is 20.8. The van der Waals surface area contributed by atoms with Gasteiger partial charge in [-0.1, -0.05) is 36.4 Å². The Hall–Kier alpha value is -15.8. The van der Waals surface area contributed by atoms with Gasteiger partial charge in [0.15, 0.2) is 45.7 Å². The molecule has 4 amide bonds. The topological polar surface area (TPSA) is 504 Å². The van der Waals surface area contributed by atoms with Gasteiger partial charge in [-0.05, 0) is 185 Å². The minimum atomic E-state index is -1.05. The average molecular weight is 1950 g/mol. The van der Waals surface area contributed by atoms with Gasteiger partial charge in [0.05, 0.1) is 86.9 Å². The second-order valence-electron chi connectivity index (χ2n) is 36.6. The number of amides is 4. The van der Waals surface area contributed by atoms with Crippen molar-refractivity contribution in [1.29, 1.82) is 0 Å². The number of piperidine rings is 4. The van der Waals surface area contributed by atoms with E-state index in [1.165, 1.54) is 85.6 Å². The zero-order chi connectivity index (χ0) is 101. The molecule has 4 saturated heterocycles. The first-order valence-electron chi connectivity index (χ1n) is 47.3. The van der Waals surface area contributed by atoms with Crippen LogP contribution >= 0.6 is 11.3 Å². The van der Waals surface area contributed by atoms with Crippen molar-refractivity contribution in [1.82, 2.24) is 102 Å². The predicted molar refractivity (Wildman–Crippen MR) is 538 cm³/mol. The Kier molecular flexibility index (Phi) is 28.9. The number of carbonyl (C=O) groups is 8. The average Bonchev–Trinajstić information content (AvgIpc) is 1.66. The zero-order valence-corrected chi connectivity index (χ0v) is 81.2. The molecule has 39 heteroatoms. The van der Waals surface area contributed by atoms with E-state index < -0.39 is 24.4 Å². The Labute approximate surface area is 824 Å². The summed E-state index contributed by atoms with van der Waals surface area (Å²) in [7, 11) is 1.97. The molecule has 20 rings (SSSR count). The number of hydrogen-bond acceptors (Lipinski definition) is 28. The van der Waals surface area contributed by atoms with Gasteiger partial charge in [-0.15, -0.1) is 0 Å². The zero-order valence-electron chi connectivity index (χ0n) is 80.4. The van der Waals surface area contributed by atoms with Crippen LogP contribution in [-0.2, 0) is 26.2 Å². The van der Waals surface area contributed by atoms with Crippen molar-refractivity contribution in [2.45, 2.75) is 155 Å². The fourth-order valence-electron chi connectivity index (χ4n) is 19.3. The molecular weight excluding hydrogens is 1840 g/mol. The first-order chi connectivity index (χ1) is 68.7. The molecule has 4 atom stereocenters. The van der Waals surface area contributed by atoms with Crippen LogP contribution in [0.25, 0.3) is 107 Å². The van der Waals surface area contributed by atoms with Crippen LogP contribution in [0.1, 0.15) is 195 Å². The number of fused-ring (bicyclic) bond motifs is 4. The van der Waals surface area contributed by atoms with Crippen LogP contribution in [0.4, 0.5) is 27.7 Å². The van der Waals surface area contributed by atoms with E-state index >= 15 is 0 Å². The fourth-order valence-corrected chi connectivity index (χ4v) is 19.9. The van der Waals surface area contributed by atoms with Gasteiger partial charge in [-0.2, -0.15) is 49.8 Å². The van der Waals surface area contributed by atoms with Crippen LogP contribution in [-0.4, -0.2) is 246 Å². The lowest BCUT2D eigenvalue weighted by Gasteiger charge is -2.33. The van der Waals surface area contributed by atoms with Gasteiger partial charge in [-0.3, -0.25) is 53.3 Å². The number of nitrogen functional groups attached to an aromatic ring is 4. The maximum atomic E-state index is 13.3. The third kappa shape index (κ3) is 20.3. The van der Waals surface area contributed by atoms with Crippen LogP contribution in [0.2, 0.25) is 0 Å². The SMILES string of the molecule is CC(=O)c1c(C2CCN(C(=O)[C@@H](C)O)CC2)nc2c(-c3ccc(-c4ccc(F)cc4)nc3)cnn2c1N.CC(=O)c1c(C2CCN(C(=O)[C@@H](C)O)CC2)nc2c(-c3ccc(-c4ccn(C)c4)nc3)cnn2c1N.CC(=O)c1c(C2CCN(C(=O)[C@@H](C)O)CC2)nc2c(-c3ccc(-c4ccsc4)nc3)cnn2c1N.CC(=O)c1c(C2CCN(C(=O)[C@@H](C)O)CC2)nc2c(-c3ccn(-c4ccccc4)c3)cnn2c1N. The normalized spacial score (nSPS) is 15.4. The standard InChI is InChI=1S/C27H27FN6O3.C26H29N7O3.C26H28N6O3.C25H26N6O3S/c1-15(35)23-24(18-9-11-33(12-10-18)27(37)16(2)36)32-26-21(14-31-34(26)25(23)29)19-5-8-22(30-13-19)17-3-6-20(28)7-4-17;1-15(34)22-23(17-7-10-32(11-8-17)26(36)16(2)35)30-25-20(13-29-33(25)24(22)27)18-4-5-21(28-12-18)19-6-9-31(3)14-19;1-16(33)22-23(18-8-11-30(12-9-18)26(35)17(2)34)29-25-21(14-28-32(25)24(22)27)19-10-13-31(15-19)20-6-4-3-5-7-20;1-14(32)21-22(16-5-8-30(9-6-16)25(34)15(2)33)29-24-19(12-28-31(24)23(21)26)17-3-4-20(27-11-17)18-7-10-35-13-18/h3-8,13-14,16,18,36H,9-12,29H2,1-2H3;4-6,9,12-14,16-17,35H,7-8,10-11,27H2,1-3H3;3-7,10,13-15,17-18,34H,8-9,11-12,27H2,1-2H3;3-4,7,10-13,15-16,33H,5-6,8-9,26H2,1-2H3/t2*16-;17-;15-/m1111/s1. The number of benzene rings is 2. The second kappa shape index (κ2) is 41.9. The number of hydrogen-bond donors (Lipinski definition) is 8. The number of likely N-dealkylation sites (tertiary alicyclic amines) is 4. The largest absolute Gasteiger partial charge is 0.384 e. The summed E-state index contributed by atoms with van der Waals surface area (Å²) in [5.74, 6) is -1.36. The van der Waals surface area contributed by atoms with Crippen molar-refractivity contribution in [3.8, 4) is 84.0 Å². The monoisotopic (exact) mass is 1950 g/mol. The first-order valence-corrected chi connectivity index (χ1v) is 48.3. The smallest absolute Gasteiger partial charge is 0.251 e. The van der Waals surface area contributed by atoms with Crippen molar-refractivity contribution in [3.05, 3.63) is 239 Å². The van der Waals surface area contributed by atoms with Gasteiger partial charge in [0.2, 0.25) is 0 Å². The van der Waals surface area contributed by atoms with E-state index in [9.17, 15) is 63.2 Å². The molecule has 12 N–H and O–H groups in total. The minimum Gasteiger partial charge on any atom is -0.384 e. The number of carbonyl (C=O) groups excluding carboxylic acids is 8. The predicted octanol–water partition coefficient (Wildman–Crippen LogP) is 12.6. The number of halogens is 1. The van der Waals surface area contributed by atoms with Crippen molar-refractivity contribution in [2.24, 2.45) is 7.05 Å². The number of nitrogens with zero attached hydrogens (tertiary/aromatic N) is 21. The number of Topliss-reactive ketones (excluding diaryl/α,β-unsaturated/α-hetero) is 4. The molecule has 0 saturated carbocycles. The van der Waals surface area contributed by atoms with Crippen molar-refractivity contribution in [3.63, 3.8) is 0 Å². The summed E-state index contributed by atoms with van der Waals surface area (Å²) in [6.45, 7) is 15.6. The van der Waals surface area contributed by atoms with Gasteiger partial charge in [0, 0.05) is 199 Å². The number of aliphatic hydroxyl groups excluding tert-OH is 4. The molecule has 0 aliphatic carbocycles. The Morgan fingerprint density at radius 2 is 0.657 bits per heavy atom. The number of pyridine rings is 3. The van der Waals surface area contributed by atoms with Gasteiger partial charge in [0.1, 0.15) is 53.5 Å². The van der Waals surface area contributed by atoms with E-state index in [2.05, 4.69) is 40.7 Å². The van der Waals surface area contributed by atoms with Crippen LogP contribution in [0.15, 0.2) is 188 Å². The van der Waals surface area contributed by atoms with Gasteiger partial charge >= 0.3 is 0 Å². The van der Waals surface area contributed by atoms with Crippen LogP contribution in [0.5, 0.6) is 0 Å². The van der Waals surface area contributed by atoms with Crippen LogP contribution in [0, 0.1) is 5.82 Å². The highest BCUT2D eigenvalue weighted by Gasteiger charge is 2.38. The van der Waals surface area contributed by atoms with E-state index in [1.54, 1.807) is 86.4 Å². The Morgan fingerprint density at radius 1 is 0.357 bits per heavy atom. The molecule has 736 valence electrons. The Balaban J connectivity index is 0.000000131. The summed E-state index contributed by atoms with van der Waals surface area (Å²) in [5, 5.41) is 60.3. The van der Waals surface area contributed by atoms with Crippen molar-refractivity contribution in [2.75, 3.05) is 75.3 Å². The van der Waals surface area contributed by atoms with Crippen LogP contribution < -0.4 is 22.9 Å². The van der Waals surface area contributed by atoms with Crippen molar-refractivity contribution < 1.29 is 63.2 Å². The molecule has 2 aromatic carbocycles. The highest BCUT2D eigenvalue weighted by Crippen LogP contribution is 2.42. The molecule has 14 aromatic heterocycles. The molecule has 0 spiro atoms. The number of aromatic nitrogens is 17. The number of anilines is 4. The number of aryl methyl sites for hydroxylation is 1. The molecule has 37 nitrogen and oxygen atoms in total. The number of rotatable bonds is 20. The van der Waals surface area contributed by atoms with Gasteiger partial charge in [0.25, 0.3) is 23.6 Å². The molecule has 16 aromatic rings. The number of aliphatic hydroxyl groups is 4.